The summed E-state index contributed by atoms with van der Waals surface area (Å²) in [4.78, 5) is 0. The molecule has 1 aromatic rings. The zero-order valence-electron chi connectivity index (χ0n) is 7.46. The van der Waals surface area contributed by atoms with Gasteiger partial charge in [-0.05, 0) is 24.6 Å². The maximum atomic E-state index is 13.1. The molecule has 1 rings (SSSR count). The minimum absolute atomic E-state index is 0.173. The van der Waals surface area contributed by atoms with Crippen molar-refractivity contribution in [3.05, 3.63) is 29.0 Å². The van der Waals surface area contributed by atoms with Gasteiger partial charge in [-0.25, -0.2) is 4.39 Å². The van der Waals surface area contributed by atoms with Gasteiger partial charge in [0.15, 0.2) is 11.6 Å². The quantitative estimate of drug-likeness (QED) is 0.720. The fourth-order valence-corrected chi connectivity index (χ4v) is 1.08. The molecule has 2 nitrogen and oxygen atoms in total. The van der Waals surface area contributed by atoms with Crippen LogP contribution in [0, 0.1) is 17.1 Å². The van der Waals surface area contributed by atoms with Gasteiger partial charge < -0.3 is 4.74 Å². The smallest absolute Gasteiger partial charge is 0.166 e. The standard InChI is InChI=1S/C10H9ClFNO/c11-8-3-4-10(9(12)7-8)14-6-2-1-5-13/h3-4,7H,1-2,6H2. The number of hydrogen-bond donors (Lipinski definition) is 0. The van der Waals surface area contributed by atoms with Crippen molar-refractivity contribution >= 4 is 11.6 Å². The van der Waals surface area contributed by atoms with E-state index in [9.17, 15) is 4.39 Å². The molecule has 0 aliphatic rings. The lowest BCUT2D eigenvalue weighted by Crippen LogP contribution is -1.98. The lowest BCUT2D eigenvalue weighted by Gasteiger charge is -2.05. The van der Waals surface area contributed by atoms with Gasteiger partial charge in [-0.1, -0.05) is 11.6 Å². The monoisotopic (exact) mass is 213 g/mol. The van der Waals surface area contributed by atoms with Crippen molar-refractivity contribution in [1.29, 1.82) is 5.26 Å². The van der Waals surface area contributed by atoms with Crippen LogP contribution < -0.4 is 4.74 Å². The molecule has 0 fully saturated rings. The third-order valence-corrected chi connectivity index (χ3v) is 1.82. The average molecular weight is 214 g/mol. The molecule has 0 radical (unpaired) electrons. The molecule has 0 unspecified atom stereocenters. The Bertz CT molecular complexity index is 348. The molecule has 0 N–H and O–H groups in total. The number of rotatable bonds is 4. The Kier molecular flexibility index (Phi) is 4.21. The molecule has 0 heterocycles. The summed E-state index contributed by atoms with van der Waals surface area (Å²) in [7, 11) is 0. The van der Waals surface area contributed by atoms with Gasteiger partial charge in [0.25, 0.3) is 0 Å². The van der Waals surface area contributed by atoms with E-state index in [4.69, 9.17) is 21.6 Å². The second-order valence-electron chi connectivity index (χ2n) is 2.68. The average Bonchev–Trinajstić information content (AvgIpc) is 2.15. The number of halogens is 2. The molecule has 0 aromatic heterocycles. The minimum atomic E-state index is -0.477. The van der Waals surface area contributed by atoms with Crippen molar-refractivity contribution in [2.75, 3.05) is 6.61 Å². The Morgan fingerprint density at radius 1 is 1.50 bits per heavy atom. The van der Waals surface area contributed by atoms with Crippen molar-refractivity contribution in [2.24, 2.45) is 0 Å². The van der Waals surface area contributed by atoms with Crippen molar-refractivity contribution in [1.82, 2.24) is 0 Å². The predicted octanol–water partition coefficient (Wildman–Crippen LogP) is 3.16. The summed E-state index contributed by atoms with van der Waals surface area (Å²) in [5.41, 5.74) is 0. The highest BCUT2D eigenvalue weighted by molar-refractivity contribution is 6.30. The largest absolute Gasteiger partial charge is 0.490 e. The lowest BCUT2D eigenvalue weighted by molar-refractivity contribution is 0.297. The van der Waals surface area contributed by atoms with Crippen molar-refractivity contribution < 1.29 is 9.13 Å². The SMILES string of the molecule is N#CCCCOc1ccc(Cl)cc1F. The van der Waals surface area contributed by atoms with Gasteiger partial charge >= 0.3 is 0 Å². The number of unbranched alkanes of at least 4 members (excludes halogenated alkanes) is 1. The van der Waals surface area contributed by atoms with Crippen molar-refractivity contribution in [3.63, 3.8) is 0 Å². The van der Waals surface area contributed by atoms with E-state index < -0.39 is 5.82 Å². The van der Waals surface area contributed by atoms with Crippen molar-refractivity contribution in [2.45, 2.75) is 12.8 Å². The molecule has 0 spiro atoms. The summed E-state index contributed by atoms with van der Waals surface area (Å²) in [5.74, 6) is -0.304. The number of hydrogen-bond acceptors (Lipinski definition) is 2. The Morgan fingerprint density at radius 3 is 2.93 bits per heavy atom. The summed E-state index contributed by atoms with van der Waals surface area (Å²) in [5, 5.41) is 8.60. The van der Waals surface area contributed by atoms with Gasteiger partial charge in [0, 0.05) is 11.4 Å². The first kappa shape index (κ1) is 10.8. The zero-order chi connectivity index (χ0) is 10.4. The third-order valence-electron chi connectivity index (χ3n) is 1.58. The highest BCUT2D eigenvalue weighted by atomic mass is 35.5. The molecular weight excluding hydrogens is 205 g/mol. The molecule has 0 amide bonds. The van der Waals surface area contributed by atoms with Crippen LogP contribution in [0.25, 0.3) is 0 Å². The first-order valence-corrected chi connectivity index (χ1v) is 4.56. The Morgan fingerprint density at radius 2 is 2.29 bits per heavy atom. The molecule has 0 aliphatic carbocycles. The normalized spacial score (nSPS) is 9.50. The molecular formula is C10H9ClFNO. The van der Waals surface area contributed by atoms with Crippen LogP contribution in [0.1, 0.15) is 12.8 Å². The Balaban J connectivity index is 2.47. The fraction of sp³-hybridized carbons (Fsp3) is 0.300. The van der Waals surface area contributed by atoms with E-state index in [0.717, 1.165) is 0 Å². The Labute approximate surface area is 86.9 Å². The number of ether oxygens (including phenoxy) is 1. The van der Waals surface area contributed by atoms with E-state index in [2.05, 4.69) is 0 Å². The summed E-state index contributed by atoms with van der Waals surface area (Å²) in [6.07, 6.45) is 1.01. The summed E-state index contributed by atoms with van der Waals surface area (Å²) in [6, 6.07) is 6.21. The molecule has 0 atom stereocenters. The van der Waals surface area contributed by atoms with Crippen LogP contribution in [0.15, 0.2) is 18.2 Å². The summed E-state index contributed by atoms with van der Waals surface area (Å²) in [6.45, 7) is 0.339. The Hall–Kier alpha value is -1.27. The van der Waals surface area contributed by atoms with Gasteiger partial charge in [0.05, 0.1) is 12.7 Å². The van der Waals surface area contributed by atoms with Gasteiger partial charge in [-0.3, -0.25) is 0 Å². The van der Waals surface area contributed by atoms with E-state index in [-0.39, 0.29) is 5.75 Å². The second kappa shape index (κ2) is 5.46. The second-order valence-corrected chi connectivity index (χ2v) is 3.12. The van der Waals surface area contributed by atoms with Crippen LogP contribution >= 0.6 is 11.6 Å². The van der Waals surface area contributed by atoms with E-state index in [1.165, 1.54) is 12.1 Å². The van der Waals surface area contributed by atoms with Gasteiger partial charge in [0.2, 0.25) is 0 Å². The topological polar surface area (TPSA) is 33.0 Å². The minimum Gasteiger partial charge on any atom is -0.490 e. The van der Waals surface area contributed by atoms with E-state index >= 15 is 0 Å². The lowest BCUT2D eigenvalue weighted by atomic mass is 10.3. The molecule has 0 saturated carbocycles. The molecule has 0 bridgehead atoms. The van der Waals surface area contributed by atoms with Gasteiger partial charge in [0.1, 0.15) is 0 Å². The van der Waals surface area contributed by atoms with Crippen molar-refractivity contribution in [3.8, 4) is 11.8 Å². The highest BCUT2D eigenvalue weighted by Gasteiger charge is 2.02. The highest BCUT2D eigenvalue weighted by Crippen LogP contribution is 2.21. The predicted molar refractivity (Wildman–Crippen MR) is 51.8 cm³/mol. The van der Waals surface area contributed by atoms with Crippen LogP contribution in [-0.4, -0.2) is 6.61 Å². The van der Waals surface area contributed by atoms with Gasteiger partial charge in [-0.15, -0.1) is 0 Å². The first-order chi connectivity index (χ1) is 6.74. The van der Waals surface area contributed by atoms with E-state index in [1.54, 1.807) is 6.07 Å². The van der Waals surface area contributed by atoms with Crippen LogP contribution in [0.2, 0.25) is 5.02 Å². The van der Waals surface area contributed by atoms with Crippen LogP contribution in [0.4, 0.5) is 4.39 Å². The van der Waals surface area contributed by atoms with Crippen LogP contribution in [0.3, 0.4) is 0 Å². The van der Waals surface area contributed by atoms with Crippen LogP contribution in [-0.2, 0) is 0 Å². The number of nitrogens with zero attached hydrogens (tertiary/aromatic N) is 1. The molecule has 1 aromatic carbocycles. The molecule has 74 valence electrons. The van der Waals surface area contributed by atoms with Crippen LogP contribution in [0.5, 0.6) is 5.75 Å². The maximum absolute atomic E-state index is 13.1. The first-order valence-electron chi connectivity index (χ1n) is 4.19. The van der Waals surface area contributed by atoms with E-state index in [1.807, 2.05) is 6.07 Å². The van der Waals surface area contributed by atoms with E-state index in [0.29, 0.717) is 24.5 Å². The zero-order valence-corrected chi connectivity index (χ0v) is 8.22. The fourth-order valence-electron chi connectivity index (χ4n) is 0.926. The number of nitriles is 1. The third kappa shape index (κ3) is 3.23. The molecule has 14 heavy (non-hydrogen) atoms. The summed E-state index contributed by atoms with van der Waals surface area (Å²) < 4.78 is 18.2. The van der Waals surface area contributed by atoms with Gasteiger partial charge in [-0.2, -0.15) is 5.26 Å². The number of benzene rings is 1. The maximum Gasteiger partial charge on any atom is 0.166 e. The summed E-state index contributed by atoms with van der Waals surface area (Å²) >= 11 is 5.56. The molecule has 0 saturated heterocycles. The molecule has 4 heteroatoms. The molecule has 0 aliphatic heterocycles.